The van der Waals surface area contributed by atoms with E-state index in [9.17, 15) is 14.4 Å². The minimum Gasteiger partial charge on any atom is -0.462 e. The van der Waals surface area contributed by atoms with Gasteiger partial charge in [-0.2, -0.15) is 0 Å². The average Bonchev–Trinajstić information content (AvgIpc) is 3.48. The van der Waals surface area contributed by atoms with Crippen LogP contribution in [0.15, 0.2) is 85.1 Å². The Balaban J connectivity index is 4.11. The van der Waals surface area contributed by atoms with Crippen LogP contribution < -0.4 is 0 Å². The zero-order valence-electron chi connectivity index (χ0n) is 55.2. The summed E-state index contributed by atoms with van der Waals surface area (Å²) in [6, 6.07) is 0. The lowest BCUT2D eigenvalue weighted by molar-refractivity contribution is -0.167. The average molecular weight is 1160 g/mol. The molecule has 0 bridgehead atoms. The third-order valence-corrected chi connectivity index (χ3v) is 15.9. The van der Waals surface area contributed by atoms with Crippen LogP contribution in [0, 0.1) is 0 Å². The summed E-state index contributed by atoms with van der Waals surface area (Å²) in [5.41, 5.74) is 0. The Hall–Kier alpha value is -3.41. The van der Waals surface area contributed by atoms with Gasteiger partial charge in [0, 0.05) is 19.3 Å². The number of carbonyl (C=O) groups excluding carboxylic acids is 3. The summed E-state index contributed by atoms with van der Waals surface area (Å²) in [6.07, 6.45) is 95.0. The zero-order valence-corrected chi connectivity index (χ0v) is 55.2. The molecule has 0 aromatic heterocycles. The highest BCUT2D eigenvalue weighted by atomic mass is 16.6. The molecule has 0 spiro atoms. The van der Waals surface area contributed by atoms with Crippen LogP contribution in [-0.2, 0) is 28.6 Å². The fraction of sp³-hybridized carbons (Fsp3) is 0.779. The molecule has 0 radical (unpaired) electrons. The zero-order chi connectivity index (χ0) is 59.9. The van der Waals surface area contributed by atoms with Crippen molar-refractivity contribution in [2.45, 2.75) is 374 Å². The van der Waals surface area contributed by atoms with Gasteiger partial charge in [0.15, 0.2) is 6.10 Å². The number of esters is 3. The SMILES string of the molecule is CC/C=C\C/C=C\C/C=C\C/C=C\C/C=C\CCCCCC(=O)OC(COC(=O)CCCCCCCCCCCCC)COC(=O)CCCCCCCCCCCCCCCCCCCCCCCCC/C=C\C/C=C\CCCCCCC. The molecule has 0 aliphatic carbocycles. The van der Waals surface area contributed by atoms with E-state index in [1.165, 1.54) is 225 Å². The normalized spacial score (nSPS) is 12.6. The molecule has 0 aromatic carbocycles. The van der Waals surface area contributed by atoms with Crippen molar-refractivity contribution in [2.75, 3.05) is 13.2 Å². The third kappa shape index (κ3) is 69.3. The second-order valence-electron chi connectivity index (χ2n) is 24.1. The highest BCUT2D eigenvalue weighted by Gasteiger charge is 2.19. The topological polar surface area (TPSA) is 78.9 Å². The fourth-order valence-corrected chi connectivity index (χ4v) is 10.5. The van der Waals surface area contributed by atoms with E-state index < -0.39 is 6.10 Å². The summed E-state index contributed by atoms with van der Waals surface area (Å²) >= 11 is 0. The van der Waals surface area contributed by atoms with Gasteiger partial charge in [-0.1, -0.05) is 337 Å². The predicted octanol–water partition coefficient (Wildman–Crippen LogP) is 25.0. The molecule has 0 rings (SSSR count). The van der Waals surface area contributed by atoms with Gasteiger partial charge in [0.1, 0.15) is 13.2 Å². The molecule has 0 aliphatic heterocycles. The molecule has 0 saturated carbocycles. The monoisotopic (exact) mass is 1160 g/mol. The molecule has 0 heterocycles. The maximum atomic E-state index is 12.9. The molecular formula is C77H136O6. The maximum Gasteiger partial charge on any atom is 0.306 e. The van der Waals surface area contributed by atoms with E-state index >= 15 is 0 Å². The van der Waals surface area contributed by atoms with Gasteiger partial charge in [0.2, 0.25) is 0 Å². The highest BCUT2D eigenvalue weighted by molar-refractivity contribution is 5.71. The first kappa shape index (κ1) is 79.6. The van der Waals surface area contributed by atoms with E-state index in [0.29, 0.717) is 19.3 Å². The minimum absolute atomic E-state index is 0.0854. The third-order valence-electron chi connectivity index (χ3n) is 15.9. The largest absolute Gasteiger partial charge is 0.462 e. The first-order valence-corrected chi connectivity index (χ1v) is 36.1. The van der Waals surface area contributed by atoms with Crippen LogP contribution >= 0.6 is 0 Å². The predicted molar refractivity (Wildman–Crippen MR) is 362 cm³/mol. The van der Waals surface area contributed by atoms with Crippen LogP contribution in [0.4, 0.5) is 0 Å². The van der Waals surface area contributed by atoms with Crippen LogP contribution in [0.1, 0.15) is 367 Å². The molecule has 83 heavy (non-hydrogen) atoms. The van der Waals surface area contributed by atoms with Gasteiger partial charge in [-0.25, -0.2) is 0 Å². The second-order valence-corrected chi connectivity index (χ2v) is 24.1. The summed E-state index contributed by atoms with van der Waals surface area (Å²) in [4.78, 5) is 38.3. The summed E-state index contributed by atoms with van der Waals surface area (Å²) in [5.74, 6) is -0.901. The standard InChI is InChI=1S/C77H136O6/c1-4-7-10-13-16-19-22-24-26-28-30-31-32-33-34-35-36-37-38-39-40-41-42-43-44-45-47-48-50-52-55-58-61-64-67-70-76(79)82-73-74(72-81-75(78)69-66-63-60-57-54-21-18-15-12-9-6-3)83-77(80)71-68-65-62-59-56-53-51-49-46-29-27-25-23-20-17-14-11-8-5-2/h8,11,17,20,22,24-25,27-28,30,46,49,53,56,74H,4-7,9-10,12-16,18-19,21,23,26,29,31-45,47-48,50-52,54-55,57-73H2,1-3H3/b11-8-,20-17-,24-22-,27-25-,30-28-,49-46-,56-53-. The Morgan fingerprint density at radius 2 is 0.470 bits per heavy atom. The molecular weight excluding hydrogens is 1020 g/mol. The molecule has 1 atom stereocenters. The van der Waals surface area contributed by atoms with Crippen molar-refractivity contribution < 1.29 is 28.6 Å². The van der Waals surface area contributed by atoms with E-state index in [0.717, 1.165) is 103 Å². The molecule has 0 aliphatic rings. The number of rotatable bonds is 66. The number of ether oxygens (including phenoxy) is 3. The lowest BCUT2D eigenvalue weighted by Gasteiger charge is -2.18. The Morgan fingerprint density at radius 1 is 0.253 bits per heavy atom. The number of unbranched alkanes of at least 4 members (excludes halogenated alkanes) is 41. The van der Waals surface area contributed by atoms with Gasteiger partial charge in [-0.15, -0.1) is 0 Å². The first-order valence-electron chi connectivity index (χ1n) is 36.1. The molecule has 480 valence electrons. The van der Waals surface area contributed by atoms with E-state index in [4.69, 9.17) is 14.2 Å². The van der Waals surface area contributed by atoms with Crippen LogP contribution in [0.3, 0.4) is 0 Å². The van der Waals surface area contributed by atoms with Gasteiger partial charge in [-0.05, 0) is 96.3 Å². The van der Waals surface area contributed by atoms with Crippen molar-refractivity contribution in [1.82, 2.24) is 0 Å². The second kappa shape index (κ2) is 71.1. The lowest BCUT2D eigenvalue weighted by atomic mass is 10.0. The van der Waals surface area contributed by atoms with Crippen LogP contribution in [0.25, 0.3) is 0 Å². The number of allylic oxidation sites excluding steroid dienone is 14. The van der Waals surface area contributed by atoms with Crippen molar-refractivity contribution >= 4 is 17.9 Å². The smallest absolute Gasteiger partial charge is 0.306 e. The molecule has 1 unspecified atom stereocenters. The Bertz CT molecular complexity index is 1570. The van der Waals surface area contributed by atoms with Gasteiger partial charge >= 0.3 is 17.9 Å². The van der Waals surface area contributed by atoms with Gasteiger partial charge in [0.05, 0.1) is 0 Å². The van der Waals surface area contributed by atoms with E-state index in [1.54, 1.807) is 0 Å². The summed E-state index contributed by atoms with van der Waals surface area (Å²) < 4.78 is 16.9. The Labute approximate surface area is 515 Å². The minimum atomic E-state index is -0.792. The van der Waals surface area contributed by atoms with Crippen molar-refractivity contribution in [2.24, 2.45) is 0 Å². The number of hydrogen-bond acceptors (Lipinski definition) is 6. The summed E-state index contributed by atoms with van der Waals surface area (Å²) in [6.45, 7) is 6.52. The molecule has 0 N–H and O–H groups in total. The van der Waals surface area contributed by atoms with Crippen molar-refractivity contribution in [3.05, 3.63) is 85.1 Å². The summed E-state index contributed by atoms with van der Waals surface area (Å²) in [5, 5.41) is 0. The van der Waals surface area contributed by atoms with E-state index in [-0.39, 0.29) is 31.1 Å². The molecule has 0 saturated heterocycles. The molecule has 0 aromatic rings. The quantitative estimate of drug-likeness (QED) is 0.0261. The van der Waals surface area contributed by atoms with Crippen molar-refractivity contribution in [3.63, 3.8) is 0 Å². The van der Waals surface area contributed by atoms with Crippen molar-refractivity contribution in [1.29, 1.82) is 0 Å². The van der Waals surface area contributed by atoms with Crippen LogP contribution in [-0.4, -0.2) is 37.2 Å². The maximum absolute atomic E-state index is 12.9. The van der Waals surface area contributed by atoms with Gasteiger partial charge in [0.25, 0.3) is 0 Å². The highest BCUT2D eigenvalue weighted by Crippen LogP contribution is 2.18. The molecule has 6 heteroatoms. The first-order chi connectivity index (χ1) is 41.0. The Kier molecular flexibility index (Phi) is 68.2. The summed E-state index contributed by atoms with van der Waals surface area (Å²) in [7, 11) is 0. The van der Waals surface area contributed by atoms with Gasteiger partial charge in [-0.3, -0.25) is 14.4 Å². The lowest BCUT2D eigenvalue weighted by Crippen LogP contribution is -2.30. The number of hydrogen-bond donors (Lipinski definition) is 0. The molecule has 0 fully saturated rings. The fourth-order valence-electron chi connectivity index (χ4n) is 10.5. The van der Waals surface area contributed by atoms with E-state index in [2.05, 4.69) is 106 Å². The molecule has 6 nitrogen and oxygen atoms in total. The van der Waals surface area contributed by atoms with Crippen molar-refractivity contribution in [3.8, 4) is 0 Å². The Morgan fingerprint density at radius 3 is 0.747 bits per heavy atom. The molecule has 0 amide bonds. The van der Waals surface area contributed by atoms with Crippen LogP contribution in [0.2, 0.25) is 0 Å². The number of carbonyl (C=O) groups is 3. The van der Waals surface area contributed by atoms with Gasteiger partial charge < -0.3 is 14.2 Å². The van der Waals surface area contributed by atoms with Crippen LogP contribution in [0.5, 0.6) is 0 Å². The van der Waals surface area contributed by atoms with E-state index in [1.807, 2.05) is 0 Å².